The summed E-state index contributed by atoms with van der Waals surface area (Å²) in [7, 11) is 0. The lowest BCUT2D eigenvalue weighted by Crippen LogP contribution is -2.53. The smallest absolute Gasteiger partial charge is 0.126 e. The van der Waals surface area contributed by atoms with Crippen molar-refractivity contribution in [1.82, 2.24) is 0 Å². The van der Waals surface area contributed by atoms with Crippen LogP contribution in [0.1, 0.15) is 77.8 Å². The maximum absolute atomic E-state index is 13.4. The average molecular weight is 515 g/mol. The van der Waals surface area contributed by atoms with Crippen molar-refractivity contribution in [3.63, 3.8) is 0 Å². The molecule has 1 heterocycles. The lowest BCUT2D eigenvalue weighted by atomic mass is 9.72. The van der Waals surface area contributed by atoms with Crippen molar-refractivity contribution < 1.29 is 23.5 Å². The summed E-state index contributed by atoms with van der Waals surface area (Å²) in [6, 6.07) is 15.2. The zero-order valence-corrected chi connectivity index (χ0v) is 23.8. The molecule has 1 N–H and O–H groups in total. The molecule has 0 aliphatic carbocycles. The zero-order chi connectivity index (χ0) is 26.9. The van der Waals surface area contributed by atoms with Crippen LogP contribution in [0.4, 0.5) is 4.39 Å². The molecular weight excluding hydrogens is 465 g/mol. The second kappa shape index (κ2) is 13.2. The molecule has 0 radical (unpaired) electrons. The van der Waals surface area contributed by atoms with Crippen LogP contribution in [0.2, 0.25) is 0 Å². The van der Waals surface area contributed by atoms with Gasteiger partial charge in [-0.05, 0) is 72.8 Å². The number of aliphatic hydroxyl groups is 1. The van der Waals surface area contributed by atoms with Crippen LogP contribution < -0.4 is 4.74 Å². The van der Waals surface area contributed by atoms with E-state index in [1.54, 1.807) is 0 Å². The van der Waals surface area contributed by atoms with Crippen LogP contribution in [-0.2, 0) is 16.7 Å². The van der Waals surface area contributed by atoms with E-state index in [1.807, 2.05) is 24.3 Å². The maximum atomic E-state index is 13.4. The molecule has 0 bridgehead atoms. The lowest BCUT2D eigenvalue weighted by Gasteiger charge is -2.39. The van der Waals surface area contributed by atoms with Crippen molar-refractivity contribution in [2.45, 2.75) is 84.8 Å². The van der Waals surface area contributed by atoms with E-state index in [4.69, 9.17) is 9.47 Å². The molecule has 1 aliphatic rings. The van der Waals surface area contributed by atoms with Gasteiger partial charge in [-0.2, -0.15) is 0 Å². The normalized spacial score (nSPS) is 17.3. The van der Waals surface area contributed by atoms with Gasteiger partial charge in [0.25, 0.3) is 0 Å². The summed E-state index contributed by atoms with van der Waals surface area (Å²) in [5.41, 5.74) is 2.83. The van der Waals surface area contributed by atoms with Gasteiger partial charge in [0.1, 0.15) is 37.4 Å². The van der Waals surface area contributed by atoms with E-state index in [2.05, 4.69) is 46.8 Å². The monoisotopic (exact) mass is 514 g/mol. The molecular formula is C32H49FNO3+. The Labute approximate surface area is 224 Å². The van der Waals surface area contributed by atoms with Gasteiger partial charge in [-0.1, -0.05) is 58.9 Å². The van der Waals surface area contributed by atoms with Crippen LogP contribution in [0.25, 0.3) is 0 Å². The Balaban J connectivity index is 1.44. The Morgan fingerprint density at radius 2 is 1.49 bits per heavy atom. The topological polar surface area (TPSA) is 38.7 Å². The standard InChI is InChI=1S/C32H49FNO3/c1-31(2,3)25-32(4,5)27-12-16-30(17-13-27)37-21-20-36-24-29(35)23-34(18-8-6-7-9-19-34)22-26-10-14-28(33)15-11-26/h10-17,29,35H,6-9,18-25H2,1-5H3/q+1/t29-/m1/s1. The van der Waals surface area contributed by atoms with Gasteiger partial charge in [0.2, 0.25) is 0 Å². The summed E-state index contributed by atoms with van der Waals surface area (Å²) in [4.78, 5) is 0. The van der Waals surface area contributed by atoms with Crippen molar-refractivity contribution in [2.24, 2.45) is 5.41 Å². The van der Waals surface area contributed by atoms with Crippen molar-refractivity contribution in [3.05, 3.63) is 65.5 Å². The van der Waals surface area contributed by atoms with Crippen molar-refractivity contribution in [3.8, 4) is 5.75 Å². The van der Waals surface area contributed by atoms with Crippen LogP contribution in [-0.4, -0.2) is 55.1 Å². The van der Waals surface area contributed by atoms with E-state index in [1.165, 1.54) is 30.5 Å². The number of quaternary nitrogens is 1. The number of hydrogen-bond acceptors (Lipinski definition) is 3. The number of aliphatic hydroxyl groups excluding tert-OH is 1. The third kappa shape index (κ3) is 10.0. The number of ether oxygens (including phenoxy) is 2. The fourth-order valence-corrected chi connectivity index (χ4v) is 6.11. The van der Waals surface area contributed by atoms with Gasteiger partial charge in [0.05, 0.1) is 26.3 Å². The number of halogens is 1. The molecule has 2 aromatic carbocycles. The second-order valence-corrected chi connectivity index (χ2v) is 12.9. The Kier molecular flexibility index (Phi) is 10.6. The Hall–Kier alpha value is -1.95. The van der Waals surface area contributed by atoms with Crippen LogP contribution in [0.15, 0.2) is 48.5 Å². The fourth-order valence-electron chi connectivity index (χ4n) is 6.11. The average Bonchev–Trinajstić information content (AvgIpc) is 3.04. The van der Waals surface area contributed by atoms with Gasteiger partial charge in [-0.3, -0.25) is 0 Å². The van der Waals surface area contributed by atoms with E-state index in [0.717, 1.165) is 54.7 Å². The van der Waals surface area contributed by atoms with Crippen molar-refractivity contribution in [1.29, 1.82) is 0 Å². The third-order valence-electron chi connectivity index (χ3n) is 7.46. The van der Waals surface area contributed by atoms with Crippen molar-refractivity contribution in [2.75, 3.05) is 39.5 Å². The quantitative estimate of drug-likeness (QED) is 0.248. The fraction of sp³-hybridized carbons (Fsp3) is 0.625. The first-order valence-electron chi connectivity index (χ1n) is 14.1. The van der Waals surface area contributed by atoms with E-state index in [-0.39, 0.29) is 16.6 Å². The highest BCUT2D eigenvalue weighted by atomic mass is 19.1. The van der Waals surface area contributed by atoms with Gasteiger partial charge >= 0.3 is 0 Å². The maximum Gasteiger partial charge on any atom is 0.126 e. The van der Waals surface area contributed by atoms with Crippen LogP contribution in [0, 0.1) is 11.2 Å². The highest BCUT2D eigenvalue weighted by molar-refractivity contribution is 5.31. The molecule has 1 aliphatic heterocycles. The summed E-state index contributed by atoms with van der Waals surface area (Å²) < 4.78 is 25.9. The molecule has 0 aromatic heterocycles. The molecule has 0 unspecified atom stereocenters. The number of likely N-dealkylation sites (tertiary alicyclic amines) is 1. The molecule has 37 heavy (non-hydrogen) atoms. The highest BCUT2D eigenvalue weighted by Gasteiger charge is 2.32. The van der Waals surface area contributed by atoms with Crippen LogP contribution in [0.5, 0.6) is 5.75 Å². The van der Waals surface area contributed by atoms with Gasteiger partial charge in [0, 0.05) is 5.56 Å². The minimum Gasteiger partial charge on any atom is -0.491 e. The molecule has 5 heteroatoms. The first-order chi connectivity index (χ1) is 17.5. The molecule has 0 spiro atoms. The van der Waals surface area contributed by atoms with Gasteiger partial charge < -0.3 is 19.1 Å². The van der Waals surface area contributed by atoms with Gasteiger partial charge in [-0.25, -0.2) is 4.39 Å². The first-order valence-corrected chi connectivity index (χ1v) is 14.1. The third-order valence-corrected chi connectivity index (χ3v) is 7.46. The Morgan fingerprint density at radius 3 is 2.08 bits per heavy atom. The number of benzene rings is 2. The lowest BCUT2D eigenvalue weighted by molar-refractivity contribution is -0.943. The van der Waals surface area contributed by atoms with Gasteiger partial charge in [-0.15, -0.1) is 0 Å². The largest absolute Gasteiger partial charge is 0.491 e. The van der Waals surface area contributed by atoms with Gasteiger partial charge in [0.15, 0.2) is 0 Å². The molecule has 0 saturated carbocycles. The summed E-state index contributed by atoms with van der Waals surface area (Å²) in [6.45, 7) is 16.2. The molecule has 1 saturated heterocycles. The predicted molar refractivity (Wildman–Crippen MR) is 149 cm³/mol. The molecule has 2 aromatic rings. The van der Waals surface area contributed by atoms with E-state index in [9.17, 15) is 9.50 Å². The summed E-state index contributed by atoms with van der Waals surface area (Å²) in [5, 5.41) is 10.8. The Bertz CT molecular complexity index is 926. The minimum atomic E-state index is -0.539. The molecule has 1 atom stereocenters. The number of rotatable bonds is 12. The molecule has 206 valence electrons. The van der Waals surface area contributed by atoms with Crippen LogP contribution in [0.3, 0.4) is 0 Å². The highest BCUT2D eigenvalue weighted by Crippen LogP contribution is 2.36. The van der Waals surface area contributed by atoms with E-state index in [0.29, 0.717) is 26.4 Å². The minimum absolute atomic E-state index is 0.111. The molecule has 3 rings (SSSR count). The van der Waals surface area contributed by atoms with E-state index >= 15 is 0 Å². The summed E-state index contributed by atoms with van der Waals surface area (Å²) in [6.07, 6.45) is 5.37. The summed E-state index contributed by atoms with van der Waals surface area (Å²) >= 11 is 0. The zero-order valence-electron chi connectivity index (χ0n) is 23.8. The number of nitrogens with zero attached hydrogens (tertiary/aromatic N) is 1. The number of hydrogen-bond donors (Lipinski definition) is 1. The molecule has 0 amide bonds. The SMILES string of the molecule is CC(C)(C)CC(C)(C)c1ccc(OCCOC[C@H](O)C[N+]2(Cc3ccc(F)cc3)CCCCCC2)cc1. The summed E-state index contributed by atoms with van der Waals surface area (Å²) in [5.74, 6) is 0.634. The van der Waals surface area contributed by atoms with Crippen molar-refractivity contribution >= 4 is 0 Å². The molecule has 4 nitrogen and oxygen atoms in total. The van der Waals surface area contributed by atoms with Crippen LogP contribution >= 0.6 is 0 Å². The first kappa shape index (κ1) is 29.6. The van der Waals surface area contributed by atoms with E-state index < -0.39 is 6.10 Å². The Morgan fingerprint density at radius 1 is 0.865 bits per heavy atom. The molecule has 1 fully saturated rings. The predicted octanol–water partition coefficient (Wildman–Crippen LogP) is 6.89. The second-order valence-electron chi connectivity index (χ2n) is 12.9.